The highest BCUT2D eigenvalue weighted by Gasteiger charge is 2.12. The Bertz CT molecular complexity index is 456. The Morgan fingerprint density at radius 3 is 3.00 bits per heavy atom. The van der Waals surface area contributed by atoms with Crippen LogP contribution in [0.4, 0.5) is 0 Å². The number of rotatable bonds is 5. The van der Waals surface area contributed by atoms with Crippen molar-refractivity contribution in [2.75, 3.05) is 0 Å². The van der Waals surface area contributed by atoms with Crippen LogP contribution in [0.3, 0.4) is 0 Å². The van der Waals surface area contributed by atoms with E-state index in [2.05, 4.69) is 15.1 Å². The van der Waals surface area contributed by atoms with Gasteiger partial charge in [0.2, 0.25) is 11.7 Å². The molecule has 0 fully saturated rings. The third-order valence-electron chi connectivity index (χ3n) is 2.39. The lowest BCUT2D eigenvalue weighted by Gasteiger charge is -2.03. The van der Waals surface area contributed by atoms with Crippen molar-refractivity contribution in [2.45, 2.75) is 32.3 Å². The molecule has 0 amide bonds. The van der Waals surface area contributed by atoms with E-state index in [0.717, 1.165) is 12.8 Å². The molecule has 2 aromatic heterocycles. The maximum Gasteiger partial charge on any atom is 0.229 e. The predicted molar refractivity (Wildman–Crippen MR) is 62.1 cm³/mol. The maximum atomic E-state index is 9.64. The van der Waals surface area contributed by atoms with E-state index < -0.39 is 6.10 Å². The third kappa shape index (κ3) is 3.10. The van der Waals surface area contributed by atoms with Crippen molar-refractivity contribution >= 4 is 0 Å². The average molecular weight is 233 g/mol. The molecule has 2 rings (SSSR count). The number of pyridine rings is 1. The fraction of sp³-hybridized carbons (Fsp3) is 0.417. The summed E-state index contributed by atoms with van der Waals surface area (Å²) in [5.74, 6) is 0.913. The minimum atomic E-state index is -0.419. The van der Waals surface area contributed by atoms with Gasteiger partial charge in [0.1, 0.15) is 5.69 Å². The van der Waals surface area contributed by atoms with E-state index in [1.54, 1.807) is 6.20 Å². The molecule has 0 aliphatic rings. The number of aliphatic hydroxyl groups excluding tert-OH is 1. The van der Waals surface area contributed by atoms with E-state index in [-0.39, 0.29) is 0 Å². The molecular formula is C12H15N3O2. The first-order valence-corrected chi connectivity index (χ1v) is 5.71. The Morgan fingerprint density at radius 1 is 1.41 bits per heavy atom. The molecule has 1 atom stereocenters. The van der Waals surface area contributed by atoms with Crippen LogP contribution < -0.4 is 0 Å². The lowest BCUT2D eigenvalue weighted by Crippen LogP contribution is -2.09. The van der Waals surface area contributed by atoms with Gasteiger partial charge in [-0.25, -0.2) is 0 Å². The standard InChI is InChI=1S/C12H15N3O2/c1-2-5-9(16)8-11-14-12(15-17-11)10-6-3-4-7-13-10/h3-4,6-7,9,16H,2,5,8H2,1H3. The summed E-state index contributed by atoms with van der Waals surface area (Å²) in [6, 6.07) is 5.51. The van der Waals surface area contributed by atoms with Crippen LogP contribution in [0.25, 0.3) is 11.5 Å². The van der Waals surface area contributed by atoms with Gasteiger partial charge >= 0.3 is 0 Å². The van der Waals surface area contributed by atoms with E-state index in [1.807, 2.05) is 25.1 Å². The van der Waals surface area contributed by atoms with Crippen molar-refractivity contribution in [3.8, 4) is 11.5 Å². The van der Waals surface area contributed by atoms with Crippen molar-refractivity contribution in [1.82, 2.24) is 15.1 Å². The molecule has 0 radical (unpaired) electrons. The summed E-state index contributed by atoms with van der Waals surface area (Å²) in [6.07, 6.45) is 3.33. The van der Waals surface area contributed by atoms with Crippen LogP contribution in [0.1, 0.15) is 25.7 Å². The molecule has 1 unspecified atom stereocenters. The van der Waals surface area contributed by atoms with E-state index in [9.17, 15) is 5.11 Å². The molecule has 17 heavy (non-hydrogen) atoms. The summed E-state index contributed by atoms with van der Waals surface area (Å²) < 4.78 is 5.07. The summed E-state index contributed by atoms with van der Waals surface area (Å²) in [5.41, 5.74) is 0.674. The molecular weight excluding hydrogens is 218 g/mol. The Labute approximate surface area is 99.5 Å². The summed E-state index contributed by atoms with van der Waals surface area (Å²) in [5, 5.41) is 13.5. The fourth-order valence-corrected chi connectivity index (χ4v) is 1.57. The Hall–Kier alpha value is -1.75. The van der Waals surface area contributed by atoms with Gasteiger partial charge in [-0.1, -0.05) is 24.6 Å². The van der Waals surface area contributed by atoms with E-state index in [1.165, 1.54) is 0 Å². The summed E-state index contributed by atoms with van der Waals surface area (Å²) in [6.45, 7) is 2.02. The molecule has 5 heteroatoms. The number of nitrogens with zero attached hydrogens (tertiary/aromatic N) is 3. The van der Waals surface area contributed by atoms with Crippen molar-refractivity contribution in [3.63, 3.8) is 0 Å². The number of hydrogen-bond acceptors (Lipinski definition) is 5. The van der Waals surface area contributed by atoms with Gasteiger partial charge in [-0.2, -0.15) is 4.98 Å². The molecule has 2 heterocycles. The van der Waals surface area contributed by atoms with Crippen LogP contribution in [0.2, 0.25) is 0 Å². The lowest BCUT2D eigenvalue weighted by atomic mass is 10.1. The topological polar surface area (TPSA) is 72.0 Å². The predicted octanol–water partition coefficient (Wildman–Crippen LogP) is 1.84. The van der Waals surface area contributed by atoms with Gasteiger partial charge in [0.05, 0.1) is 12.5 Å². The van der Waals surface area contributed by atoms with Gasteiger partial charge in [-0.05, 0) is 18.6 Å². The largest absolute Gasteiger partial charge is 0.393 e. The second-order valence-electron chi connectivity index (χ2n) is 3.87. The van der Waals surface area contributed by atoms with Crippen molar-refractivity contribution in [3.05, 3.63) is 30.3 Å². The fourth-order valence-electron chi connectivity index (χ4n) is 1.57. The van der Waals surface area contributed by atoms with Gasteiger partial charge in [0, 0.05) is 6.20 Å². The molecule has 0 saturated heterocycles. The smallest absolute Gasteiger partial charge is 0.229 e. The average Bonchev–Trinajstić information content (AvgIpc) is 2.79. The van der Waals surface area contributed by atoms with Crippen molar-refractivity contribution in [1.29, 1.82) is 0 Å². The highest BCUT2D eigenvalue weighted by Crippen LogP contribution is 2.13. The molecule has 0 aliphatic carbocycles. The maximum absolute atomic E-state index is 9.64. The first kappa shape index (κ1) is 11.7. The van der Waals surface area contributed by atoms with Crippen LogP contribution >= 0.6 is 0 Å². The second kappa shape index (κ2) is 5.54. The number of aliphatic hydroxyl groups is 1. The highest BCUT2D eigenvalue weighted by molar-refractivity contribution is 5.46. The lowest BCUT2D eigenvalue weighted by molar-refractivity contribution is 0.152. The minimum Gasteiger partial charge on any atom is -0.393 e. The summed E-state index contributed by atoms with van der Waals surface area (Å²) in [4.78, 5) is 8.33. The number of hydrogen-bond donors (Lipinski definition) is 1. The normalized spacial score (nSPS) is 12.6. The molecule has 0 aliphatic heterocycles. The van der Waals surface area contributed by atoms with E-state index in [4.69, 9.17) is 4.52 Å². The summed E-state index contributed by atoms with van der Waals surface area (Å²) in [7, 11) is 0. The molecule has 0 bridgehead atoms. The third-order valence-corrected chi connectivity index (χ3v) is 2.39. The zero-order valence-electron chi connectivity index (χ0n) is 9.71. The van der Waals surface area contributed by atoms with Crippen LogP contribution in [0.15, 0.2) is 28.9 Å². The van der Waals surface area contributed by atoms with Gasteiger partial charge < -0.3 is 9.63 Å². The van der Waals surface area contributed by atoms with Gasteiger partial charge in [0.15, 0.2) is 0 Å². The monoisotopic (exact) mass is 233 g/mol. The first-order chi connectivity index (χ1) is 8.29. The van der Waals surface area contributed by atoms with Gasteiger partial charge in [-0.15, -0.1) is 0 Å². The van der Waals surface area contributed by atoms with Crippen LogP contribution in [0.5, 0.6) is 0 Å². The SMILES string of the molecule is CCCC(O)Cc1nc(-c2ccccn2)no1. The molecule has 90 valence electrons. The molecule has 0 aromatic carbocycles. The molecule has 0 saturated carbocycles. The molecule has 1 N–H and O–H groups in total. The first-order valence-electron chi connectivity index (χ1n) is 5.71. The van der Waals surface area contributed by atoms with Crippen molar-refractivity contribution in [2.24, 2.45) is 0 Å². The zero-order chi connectivity index (χ0) is 12.1. The van der Waals surface area contributed by atoms with Gasteiger partial charge in [0.25, 0.3) is 0 Å². The van der Waals surface area contributed by atoms with Crippen LogP contribution in [-0.4, -0.2) is 26.3 Å². The van der Waals surface area contributed by atoms with Crippen LogP contribution in [-0.2, 0) is 6.42 Å². The van der Waals surface area contributed by atoms with Gasteiger partial charge in [-0.3, -0.25) is 4.98 Å². The molecule has 5 nitrogen and oxygen atoms in total. The van der Waals surface area contributed by atoms with E-state index >= 15 is 0 Å². The summed E-state index contributed by atoms with van der Waals surface area (Å²) >= 11 is 0. The molecule has 2 aromatic rings. The quantitative estimate of drug-likeness (QED) is 0.853. The Kier molecular flexibility index (Phi) is 3.82. The highest BCUT2D eigenvalue weighted by atomic mass is 16.5. The zero-order valence-corrected chi connectivity index (χ0v) is 9.71. The van der Waals surface area contributed by atoms with Crippen molar-refractivity contribution < 1.29 is 9.63 Å². The number of aromatic nitrogens is 3. The minimum absolute atomic E-state index is 0.397. The Morgan fingerprint density at radius 2 is 2.29 bits per heavy atom. The van der Waals surface area contributed by atoms with Crippen LogP contribution in [0, 0.1) is 0 Å². The molecule has 0 spiro atoms. The second-order valence-corrected chi connectivity index (χ2v) is 3.87. The Balaban J connectivity index is 2.06. The van der Waals surface area contributed by atoms with E-state index in [0.29, 0.717) is 23.8 Å².